The van der Waals surface area contributed by atoms with Gasteiger partial charge in [-0.15, -0.1) is 0 Å². The summed E-state index contributed by atoms with van der Waals surface area (Å²) in [6.07, 6.45) is 0.0792. The second-order valence-electron chi connectivity index (χ2n) is 4.66. The average Bonchev–Trinajstić information content (AvgIpc) is 2.11. The number of ether oxygens (including phenoxy) is 1. The molecule has 96 valence electrons. The van der Waals surface area contributed by atoms with E-state index in [2.05, 4.69) is 10.6 Å². The van der Waals surface area contributed by atoms with Gasteiger partial charge in [-0.3, -0.25) is 0 Å². The fraction of sp³-hybridized carbons (Fsp3) is 0.909. The van der Waals surface area contributed by atoms with Gasteiger partial charge in [0.1, 0.15) is 5.60 Å². The molecule has 3 N–H and O–H groups in total. The Hall–Kier alpha value is -0.810. The van der Waals surface area contributed by atoms with Crippen molar-refractivity contribution in [2.75, 3.05) is 19.7 Å². The van der Waals surface area contributed by atoms with Crippen molar-refractivity contribution in [1.29, 1.82) is 0 Å². The van der Waals surface area contributed by atoms with Crippen LogP contribution in [-0.4, -0.2) is 42.5 Å². The molecule has 0 fully saturated rings. The molecule has 0 heterocycles. The van der Waals surface area contributed by atoms with E-state index in [-0.39, 0.29) is 12.6 Å². The number of likely N-dealkylation sites (N-methyl/N-ethyl adjacent to an activating group) is 1. The molecule has 5 nitrogen and oxygen atoms in total. The highest BCUT2D eigenvalue weighted by Gasteiger charge is 2.18. The molecule has 0 bridgehead atoms. The van der Waals surface area contributed by atoms with Crippen LogP contribution in [0, 0.1) is 0 Å². The smallest absolute Gasteiger partial charge is 0.407 e. The molecule has 1 atom stereocenters. The van der Waals surface area contributed by atoms with Gasteiger partial charge in [0.05, 0.1) is 0 Å². The standard InChI is InChI=1S/C11H24N2O3/c1-5-12-8-9(6-7-14)13-10(15)16-11(2,3)4/h9,12,14H,5-8H2,1-4H3,(H,13,15)/t9-/m0/s1. The van der Waals surface area contributed by atoms with Gasteiger partial charge in [0, 0.05) is 19.2 Å². The first-order chi connectivity index (χ1) is 7.39. The molecule has 0 saturated carbocycles. The molecule has 0 radical (unpaired) electrons. The number of carbonyl (C=O) groups is 1. The van der Waals surface area contributed by atoms with Gasteiger partial charge >= 0.3 is 6.09 Å². The third-order valence-corrected chi connectivity index (χ3v) is 1.84. The van der Waals surface area contributed by atoms with E-state index in [1.54, 1.807) is 0 Å². The largest absolute Gasteiger partial charge is 0.444 e. The van der Waals surface area contributed by atoms with E-state index >= 15 is 0 Å². The Kier molecular flexibility index (Phi) is 7.08. The van der Waals surface area contributed by atoms with Gasteiger partial charge in [0.2, 0.25) is 0 Å². The van der Waals surface area contributed by atoms with Crippen LogP contribution in [-0.2, 0) is 4.74 Å². The van der Waals surface area contributed by atoms with Crippen molar-refractivity contribution in [3.8, 4) is 0 Å². The molecular weight excluding hydrogens is 208 g/mol. The summed E-state index contributed by atoms with van der Waals surface area (Å²) >= 11 is 0. The van der Waals surface area contributed by atoms with Gasteiger partial charge in [-0.1, -0.05) is 6.92 Å². The zero-order valence-electron chi connectivity index (χ0n) is 10.7. The molecule has 0 aliphatic rings. The Morgan fingerprint density at radius 1 is 1.44 bits per heavy atom. The third-order valence-electron chi connectivity index (χ3n) is 1.84. The molecule has 1 amide bonds. The van der Waals surface area contributed by atoms with E-state index in [0.29, 0.717) is 13.0 Å². The van der Waals surface area contributed by atoms with E-state index in [9.17, 15) is 4.79 Å². The quantitative estimate of drug-likeness (QED) is 0.635. The van der Waals surface area contributed by atoms with Crippen LogP contribution in [0.4, 0.5) is 4.79 Å². The summed E-state index contributed by atoms with van der Waals surface area (Å²) in [4.78, 5) is 11.5. The van der Waals surface area contributed by atoms with Crippen molar-refractivity contribution in [2.45, 2.75) is 45.8 Å². The van der Waals surface area contributed by atoms with Gasteiger partial charge in [-0.05, 0) is 33.7 Å². The Balaban J connectivity index is 4.02. The highest BCUT2D eigenvalue weighted by atomic mass is 16.6. The minimum absolute atomic E-state index is 0.0475. The molecule has 0 aromatic rings. The lowest BCUT2D eigenvalue weighted by Gasteiger charge is -2.23. The average molecular weight is 232 g/mol. The van der Waals surface area contributed by atoms with Crippen molar-refractivity contribution < 1.29 is 14.6 Å². The molecule has 0 rings (SSSR count). The summed E-state index contributed by atoms with van der Waals surface area (Å²) in [7, 11) is 0. The fourth-order valence-electron chi connectivity index (χ4n) is 1.17. The van der Waals surface area contributed by atoms with Crippen molar-refractivity contribution >= 4 is 6.09 Å². The van der Waals surface area contributed by atoms with E-state index in [4.69, 9.17) is 9.84 Å². The molecule has 16 heavy (non-hydrogen) atoms. The zero-order chi connectivity index (χ0) is 12.6. The lowest BCUT2D eigenvalue weighted by Crippen LogP contribution is -2.44. The first-order valence-corrected chi connectivity index (χ1v) is 5.70. The molecule has 5 heteroatoms. The van der Waals surface area contributed by atoms with E-state index < -0.39 is 11.7 Å². The van der Waals surface area contributed by atoms with Crippen LogP contribution in [0.3, 0.4) is 0 Å². The Morgan fingerprint density at radius 3 is 2.50 bits per heavy atom. The summed E-state index contributed by atoms with van der Waals surface area (Å²) in [5, 5.41) is 14.7. The Bertz CT molecular complexity index is 202. The van der Waals surface area contributed by atoms with E-state index in [0.717, 1.165) is 6.54 Å². The predicted molar refractivity (Wildman–Crippen MR) is 63.4 cm³/mol. The molecule has 0 saturated heterocycles. The molecule has 0 unspecified atom stereocenters. The minimum Gasteiger partial charge on any atom is -0.444 e. The SMILES string of the molecule is CCNC[C@H](CCO)NC(=O)OC(C)(C)C. The molecule has 0 aromatic carbocycles. The Morgan fingerprint density at radius 2 is 2.06 bits per heavy atom. The topological polar surface area (TPSA) is 70.6 Å². The maximum atomic E-state index is 11.5. The van der Waals surface area contributed by atoms with Crippen LogP contribution in [0.2, 0.25) is 0 Å². The van der Waals surface area contributed by atoms with Gasteiger partial charge in [0.25, 0.3) is 0 Å². The van der Waals surface area contributed by atoms with Crippen LogP contribution in [0.5, 0.6) is 0 Å². The van der Waals surface area contributed by atoms with Crippen molar-refractivity contribution in [3.05, 3.63) is 0 Å². The molecule has 0 aliphatic carbocycles. The van der Waals surface area contributed by atoms with Gasteiger partial charge in [0.15, 0.2) is 0 Å². The predicted octanol–water partition coefficient (Wildman–Crippen LogP) is 0.872. The number of carbonyl (C=O) groups excluding carboxylic acids is 1. The van der Waals surface area contributed by atoms with Crippen LogP contribution in [0.15, 0.2) is 0 Å². The summed E-state index contributed by atoms with van der Waals surface area (Å²) in [6, 6.07) is -0.0974. The fourth-order valence-corrected chi connectivity index (χ4v) is 1.17. The first-order valence-electron chi connectivity index (χ1n) is 5.70. The highest BCUT2D eigenvalue weighted by molar-refractivity contribution is 5.68. The molecule has 0 spiro atoms. The van der Waals surface area contributed by atoms with Gasteiger partial charge < -0.3 is 20.5 Å². The van der Waals surface area contributed by atoms with Gasteiger partial charge in [-0.25, -0.2) is 4.79 Å². The van der Waals surface area contributed by atoms with Gasteiger partial charge in [-0.2, -0.15) is 0 Å². The molecular formula is C11H24N2O3. The number of aliphatic hydroxyl groups is 1. The second-order valence-corrected chi connectivity index (χ2v) is 4.66. The monoisotopic (exact) mass is 232 g/mol. The summed E-state index contributed by atoms with van der Waals surface area (Å²) in [5.74, 6) is 0. The number of hydrogen-bond donors (Lipinski definition) is 3. The summed E-state index contributed by atoms with van der Waals surface area (Å²) in [5.41, 5.74) is -0.494. The van der Waals surface area contributed by atoms with Crippen LogP contribution < -0.4 is 10.6 Å². The van der Waals surface area contributed by atoms with Crippen LogP contribution >= 0.6 is 0 Å². The number of nitrogens with one attached hydrogen (secondary N) is 2. The normalized spacial score (nSPS) is 13.3. The van der Waals surface area contributed by atoms with Crippen LogP contribution in [0.1, 0.15) is 34.1 Å². The van der Waals surface area contributed by atoms with Crippen LogP contribution in [0.25, 0.3) is 0 Å². The van der Waals surface area contributed by atoms with E-state index in [1.807, 2.05) is 27.7 Å². The third kappa shape index (κ3) is 8.49. The minimum atomic E-state index is -0.494. The molecule has 0 aliphatic heterocycles. The Labute approximate surface area is 97.6 Å². The number of hydrogen-bond acceptors (Lipinski definition) is 4. The lowest BCUT2D eigenvalue weighted by molar-refractivity contribution is 0.0497. The first kappa shape index (κ1) is 15.2. The van der Waals surface area contributed by atoms with Crippen molar-refractivity contribution in [2.24, 2.45) is 0 Å². The highest BCUT2D eigenvalue weighted by Crippen LogP contribution is 2.06. The zero-order valence-corrected chi connectivity index (χ0v) is 10.7. The number of alkyl carbamates (subject to hydrolysis) is 1. The van der Waals surface area contributed by atoms with Crippen molar-refractivity contribution in [1.82, 2.24) is 10.6 Å². The number of rotatable bonds is 6. The second kappa shape index (κ2) is 7.46. The summed E-state index contributed by atoms with van der Waals surface area (Å²) in [6.45, 7) is 8.96. The maximum absolute atomic E-state index is 11.5. The summed E-state index contributed by atoms with van der Waals surface area (Å²) < 4.78 is 5.14. The van der Waals surface area contributed by atoms with E-state index in [1.165, 1.54) is 0 Å². The lowest BCUT2D eigenvalue weighted by atomic mass is 10.2. The number of amides is 1. The maximum Gasteiger partial charge on any atom is 0.407 e. The van der Waals surface area contributed by atoms with Crippen molar-refractivity contribution in [3.63, 3.8) is 0 Å². The number of aliphatic hydroxyl groups excluding tert-OH is 1. The molecule has 0 aromatic heterocycles.